The second-order valence-electron chi connectivity index (χ2n) is 6.30. The number of amides is 1. The summed E-state index contributed by atoms with van der Waals surface area (Å²) in [7, 11) is 1.08. The zero-order chi connectivity index (χ0) is 15.9. The summed E-state index contributed by atoms with van der Waals surface area (Å²) in [6, 6.07) is 14.7. The molecule has 4 rings (SSSR count). The number of halogens is 2. The summed E-state index contributed by atoms with van der Waals surface area (Å²) in [5.41, 5.74) is 6.99. The van der Waals surface area contributed by atoms with Crippen LogP contribution < -0.4 is 24.8 Å². The van der Waals surface area contributed by atoms with Gasteiger partial charge in [0.2, 0.25) is 0 Å². The van der Waals surface area contributed by atoms with Gasteiger partial charge in [-0.3, -0.25) is 0 Å². The molecule has 0 saturated heterocycles. The van der Waals surface area contributed by atoms with Crippen LogP contribution in [0.1, 0.15) is 25.7 Å². The number of fused-ring (bicyclic) bond motifs is 3. The Kier molecular flexibility index (Phi) is 15.3. The van der Waals surface area contributed by atoms with Crippen LogP contribution in [0.25, 0.3) is 16.5 Å². The van der Waals surface area contributed by atoms with Gasteiger partial charge in [-0.05, 0) is 31.1 Å². The van der Waals surface area contributed by atoms with Gasteiger partial charge in [0, 0.05) is 15.4 Å². The maximum Gasteiger partial charge on any atom is 4.00 e. The largest absolute Gasteiger partial charge is 4.00 e. The van der Waals surface area contributed by atoms with E-state index in [0.717, 1.165) is 21.9 Å². The molecular weight excluding hydrogens is 536 g/mol. The average molecular weight is 561 g/mol. The van der Waals surface area contributed by atoms with Gasteiger partial charge in [-0.2, -0.15) is 17.5 Å². The van der Waals surface area contributed by atoms with Crippen molar-refractivity contribution in [1.29, 1.82) is 0 Å². The molecule has 1 amide bonds. The third-order valence-electron chi connectivity index (χ3n) is 4.62. The van der Waals surface area contributed by atoms with Crippen molar-refractivity contribution < 1.29 is 55.5 Å². The molecule has 2 bridgehead atoms. The van der Waals surface area contributed by atoms with E-state index in [1.54, 1.807) is 0 Å². The summed E-state index contributed by atoms with van der Waals surface area (Å²) in [4.78, 5) is 10.7. The first kappa shape index (κ1) is 27.2. The third kappa shape index (κ3) is 8.02. The minimum Gasteiger partial charge on any atom is -1.00 e. The smallest absolute Gasteiger partial charge is 1.00 e. The maximum absolute atomic E-state index is 10.7. The zero-order valence-corrected chi connectivity index (χ0v) is 20.9. The normalized spacial score (nSPS) is 22.1. The summed E-state index contributed by atoms with van der Waals surface area (Å²) in [6.45, 7) is 4.31. The SMILES string of the molecule is C[Si]C.[Cl-].[Cl-].[Hf+4].[NH-]C(=O)C1CC2CCC1C2.c1ccc2[cH-]ccc2c1. The monoisotopic (exact) mass is 561 g/mol. The zero-order valence-electron chi connectivity index (χ0n) is 14.8. The molecule has 0 aromatic heterocycles. The molecule has 3 unspecified atom stereocenters. The van der Waals surface area contributed by atoms with Gasteiger partial charge in [0.05, 0.1) is 5.91 Å². The van der Waals surface area contributed by atoms with Crippen molar-refractivity contribution in [2.24, 2.45) is 17.8 Å². The van der Waals surface area contributed by atoms with Crippen LogP contribution in [-0.2, 0) is 30.6 Å². The standard InChI is InChI=1S/C9H7.C8H13NO.C2H6Si.2ClH.Hf/c1-2-5-9-7-3-6-8(9)4-1;9-8(10)7-4-5-1-2-6(7)3-5;1-3-2;;;/h1-7H;5-7H,1-4H2,(H2,9,10);1-2H3;2*1H;/q-1;;;;;+4/p-3. The minimum atomic E-state index is -0.313. The fourth-order valence-electron chi connectivity index (χ4n) is 3.64. The minimum absolute atomic E-state index is 0. The molecule has 0 heterocycles. The fraction of sp³-hybridized carbons (Fsp3) is 0.474. The van der Waals surface area contributed by atoms with Crippen molar-refractivity contribution in [2.75, 3.05) is 0 Å². The van der Waals surface area contributed by atoms with E-state index in [1.165, 1.54) is 30.0 Å². The van der Waals surface area contributed by atoms with Gasteiger partial charge < -0.3 is 35.3 Å². The Morgan fingerprint density at radius 2 is 1.76 bits per heavy atom. The van der Waals surface area contributed by atoms with Crippen LogP contribution in [0.3, 0.4) is 0 Å². The van der Waals surface area contributed by atoms with Crippen LogP contribution >= 0.6 is 0 Å². The van der Waals surface area contributed by atoms with E-state index in [-0.39, 0.29) is 62.5 Å². The summed E-state index contributed by atoms with van der Waals surface area (Å²) in [6.07, 6.45) is 4.77. The summed E-state index contributed by atoms with van der Waals surface area (Å²) >= 11 is 0. The van der Waals surface area contributed by atoms with E-state index in [1.807, 2.05) is 0 Å². The first-order valence-electron chi connectivity index (χ1n) is 8.10. The van der Waals surface area contributed by atoms with E-state index < -0.39 is 0 Å². The molecule has 2 aliphatic rings. The van der Waals surface area contributed by atoms with E-state index in [4.69, 9.17) is 5.73 Å². The molecule has 25 heavy (non-hydrogen) atoms. The van der Waals surface area contributed by atoms with Gasteiger partial charge in [-0.15, -0.1) is 29.7 Å². The van der Waals surface area contributed by atoms with Gasteiger partial charge in [0.15, 0.2) is 0 Å². The van der Waals surface area contributed by atoms with Gasteiger partial charge in [0.25, 0.3) is 0 Å². The average Bonchev–Trinajstić information content (AvgIpc) is 3.24. The number of rotatable bonds is 1. The molecule has 0 aliphatic heterocycles. The predicted octanol–water partition coefficient (Wildman–Crippen LogP) is -0.648. The second kappa shape index (κ2) is 14.1. The number of hydrogen-bond donors (Lipinski definition) is 0. The van der Waals surface area contributed by atoms with E-state index in [2.05, 4.69) is 55.6 Å². The number of carbonyl (C=O) groups excluding carboxylic acids is 1. The molecule has 134 valence electrons. The van der Waals surface area contributed by atoms with Gasteiger partial charge in [-0.1, -0.05) is 25.6 Å². The van der Waals surface area contributed by atoms with Crippen LogP contribution in [0.15, 0.2) is 42.5 Å². The van der Waals surface area contributed by atoms with Crippen LogP contribution in [0.2, 0.25) is 13.1 Å². The molecule has 1 N–H and O–H groups in total. The Labute approximate surface area is 185 Å². The van der Waals surface area contributed by atoms with Crippen molar-refractivity contribution in [3.63, 3.8) is 0 Å². The fourth-order valence-corrected chi connectivity index (χ4v) is 3.64. The topological polar surface area (TPSA) is 40.9 Å². The first-order chi connectivity index (χ1) is 10.7. The Balaban J connectivity index is 0. The summed E-state index contributed by atoms with van der Waals surface area (Å²) in [5, 5.41) is 2.66. The number of carbonyl (C=O) groups is 1. The van der Waals surface area contributed by atoms with Crippen molar-refractivity contribution in [1.82, 2.24) is 0 Å². The molecule has 2 saturated carbocycles. The Bertz CT molecular complexity index is 578. The molecule has 2 radical (unpaired) electrons. The van der Waals surface area contributed by atoms with E-state index in [0.29, 0.717) is 5.92 Å². The van der Waals surface area contributed by atoms with Crippen molar-refractivity contribution in [3.8, 4) is 0 Å². The van der Waals surface area contributed by atoms with E-state index >= 15 is 0 Å². The van der Waals surface area contributed by atoms with Crippen LogP contribution in [0.5, 0.6) is 0 Å². The van der Waals surface area contributed by atoms with Crippen molar-refractivity contribution in [2.45, 2.75) is 38.8 Å². The van der Waals surface area contributed by atoms with Crippen LogP contribution in [-0.4, -0.2) is 15.4 Å². The summed E-state index contributed by atoms with van der Waals surface area (Å²) < 4.78 is 0. The molecular formula is C19H25Cl2HfNOSi. The van der Waals surface area contributed by atoms with Gasteiger partial charge >= 0.3 is 25.8 Å². The number of benzene rings is 1. The van der Waals surface area contributed by atoms with Crippen LogP contribution in [0.4, 0.5) is 0 Å². The van der Waals surface area contributed by atoms with Crippen molar-refractivity contribution in [3.05, 3.63) is 48.2 Å². The predicted molar refractivity (Wildman–Crippen MR) is 95.3 cm³/mol. The Morgan fingerprint density at radius 3 is 2.20 bits per heavy atom. The molecule has 6 heteroatoms. The van der Waals surface area contributed by atoms with Crippen molar-refractivity contribution >= 4 is 26.2 Å². The quantitative estimate of drug-likeness (QED) is 0.338. The number of nitrogens with one attached hydrogen (secondary N) is 1. The molecule has 2 fully saturated rings. The molecule has 2 aromatic carbocycles. The van der Waals surface area contributed by atoms with Gasteiger partial charge in [-0.25, -0.2) is 0 Å². The maximum atomic E-state index is 10.7. The Hall–Kier alpha value is -0.0330. The second-order valence-corrected chi connectivity index (χ2v) is 7.30. The third-order valence-corrected chi connectivity index (χ3v) is 4.62. The number of hydrogen-bond acceptors (Lipinski definition) is 1. The van der Waals surface area contributed by atoms with E-state index in [9.17, 15) is 4.79 Å². The molecule has 2 aliphatic carbocycles. The molecule has 2 aromatic rings. The summed E-state index contributed by atoms with van der Waals surface area (Å²) in [5.74, 6) is 1.20. The molecule has 0 spiro atoms. The first-order valence-corrected chi connectivity index (χ1v) is 10.1. The molecule has 2 nitrogen and oxygen atoms in total. The molecule has 3 atom stereocenters. The Morgan fingerprint density at radius 1 is 1.12 bits per heavy atom. The van der Waals surface area contributed by atoms with Gasteiger partial charge in [0.1, 0.15) is 0 Å². The van der Waals surface area contributed by atoms with Crippen LogP contribution in [0, 0.1) is 17.8 Å².